The van der Waals surface area contributed by atoms with Crippen molar-refractivity contribution < 1.29 is 23.1 Å². The molecule has 0 aliphatic rings. The number of benzene rings is 1. The number of aromatic carboxylic acids is 1. The zero-order valence-corrected chi connectivity index (χ0v) is 13.1. The quantitative estimate of drug-likeness (QED) is 0.753. The van der Waals surface area contributed by atoms with Crippen LogP contribution < -0.4 is 5.56 Å². The molecule has 0 saturated heterocycles. The van der Waals surface area contributed by atoms with Crippen LogP contribution in [0.5, 0.6) is 0 Å². The van der Waals surface area contributed by atoms with Crippen molar-refractivity contribution in [3.05, 3.63) is 55.3 Å². The number of carboxylic acid groups (broad SMARTS) is 1. The van der Waals surface area contributed by atoms with Crippen LogP contribution in [-0.4, -0.2) is 20.6 Å². The average Bonchev–Trinajstić information content (AvgIpc) is 2.42. The van der Waals surface area contributed by atoms with Crippen molar-refractivity contribution in [1.82, 2.24) is 9.55 Å². The fraction of sp³-hybridized carbons (Fsp3) is 0.154. The second-order valence-corrected chi connectivity index (χ2v) is 5.35. The van der Waals surface area contributed by atoms with Gasteiger partial charge in [0.1, 0.15) is 3.70 Å². The molecule has 0 fully saturated rings. The van der Waals surface area contributed by atoms with Gasteiger partial charge in [0.25, 0.3) is 5.56 Å². The van der Waals surface area contributed by atoms with E-state index in [0.717, 1.165) is 22.8 Å². The van der Waals surface area contributed by atoms with Crippen LogP contribution in [-0.2, 0) is 6.18 Å². The van der Waals surface area contributed by atoms with E-state index in [9.17, 15) is 22.8 Å². The summed E-state index contributed by atoms with van der Waals surface area (Å²) in [7, 11) is 0. The Morgan fingerprint density at radius 1 is 1.36 bits per heavy atom. The highest BCUT2D eigenvalue weighted by molar-refractivity contribution is 14.1. The minimum absolute atomic E-state index is 0.0693. The van der Waals surface area contributed by atoms with E-state index < -0.39 is 29.0 Å². The van der Waals surface area contributed by atoms with E-state index in [2.05, 4.69) is 4.98 Å². The van der Waals surface area contributed by atoms with Gasteiger partial charge >= 0.3 is 12.1 Å². The van der Waals surface area contributed by atoms with Crippen LogP contribution in [0.15, 0.2) is 29.1 Å². The molecule has 1 N–H and O–H groups in total. The number of rotatable bonds is 2. The second kappa shape index (κ2) is 5.71. The van der Waals surface area contributed by atoms with Gasteiger partial charge in [0, 0.05) is 5.69 Å². The van der Waals surface area contributed by atoms with Crippen molar-refractivity contribution in [3.8, 4) is 5.69 Å². The van der Waals surface area contributed by atoms with Crippen molar-refractivity contribution in [2.45, 2.75) is 13.1 Å². The van der Waals surface area contributed by atoms with E-state index in [-0.39, 0.29) is 15.1 Å². The molecule has 0 atom stereocenters. The lowest BCUT2D eigenvalue weighted by atomic mass is 10.2. The van der Waals surface area contributed by atoms with Gasteiger partial charge < -0.3 is 5.11 Å². The minimum atomic E-state index is -4.57. The predicted octanol–water partition coefficient (Wildman–Crippen LogP) is 2.86. The molecule has 1 aromatic carbocycles. The number of halogens is 4. The third-order valence-electron chi connectivity index (χ3n) is 2.88. The number of aromatic nitrogens is 2. The summed E-state index contributed by atoms with van der Waals surface area (Å²) in [6.45, 7) is 1.47. The first kappa shape index (κ1) is 16.5. The Morgan fingerprint density at radius 2 is 2.00 bits per heavy atom. The van der Waals surface area contributed by atoms with Crippen LogP contribution in [0.25, 0.3) is 5.69 Å². The monoisotopic (exact) mass is 424 g/mol. The van der Waals surface area contributed by atoms with Crippen molar-refractivity contribution in [2.24, 2.45) is 0 Å². The molecule has 1 heterocycles. The molecule has 0 spiro atoms. The predicted molar refractivity (Wildman–Crippen MR) is 79.2 cm³/mol. The van der Waals surface area contributed by atoms with Crippen molar-refractivity contribution in [2.75, 3.05) is 0 Å². The van der Waals surface area contributed by atoms with Gasteiger partial charge in [-0.3, -0.25) is 9.36 Å². The fourth-order valence-electron chi connectivity index (χ4n) is 1.85. The van der Waals surface area contributed by atoms with Gasteiger partial charge in [-0.2, -0.15) is 13.2 Å². The molecule has 2 aromatic rings. The van der Waals surface area contributed by atoms with Crippen molar-refractivity contribution in [3.63, 3.8) is 0 Å². The van der Waals surface area contributed by atoms with Crippen molar-refractivity contribution in [1.29, 1.82) is 0 Å². The molecular formula is C13H8F3IN2O3. The molecule has 0 radical (unpaired) electrons. The molecule has 0 aliphatic heterocycles. The molecule has 1 aromatic heterocycles. The van der Waals surface area contributed by atoms with Crippen LogP contribution >= 0.6 is 22.6 Å². The third-order valence-corrected chi connectivity index (χ3v) is 3.91. The molecule has 0 saturated carbocycles. The topological polar surface area (TPSA) is 72.2 Å². The lowest BCUT2D eigenvalue weighted by Gasteiger charge is -2.14. The van der Waals surface area contributed by atoms with Crippen LogP contribution in [0, 0.1) is 10.6 Å². The minimum Gasteiger partial charge on any atom is -0.476 e. The van der Waals surface area contributed by atoms with Gasteiger partial charge in [-0.15, -0.1) is 0 Å². The molecule has 0 bridgehead atoms. The Labute approximate surface area is 135 Å². The first-order chi connectivity index (χ1) is 10.1. The number of carbonyl (C=O) groups is 1. The molecule has 0 unspecified atom stereocenters. The third kappa shape index (κ3) is 2.98. The summed E-state index contributed by atoms with van der Waals surface area (Å²) in [6.07, 6.45) is -4.57. The highest BCUT2D eigenvalue weighted by atomic mass is 127. The highest BCUT2D eigenvalue weighted by Crippen LogP contribution is 2.30. The average molecular weight is 424 g/mol. The maximum Gasteiger partial charge on any atom is 0.416 e. The van der Waals surface area contributed by atoms with Crippen LogP contribution in [0.4, 0.5) is 13.2 Å². The van der Waals surface area contributed by atoms with Gasteiger partial charge in [0.15, 0.2) is 0 Å². The summed E-state index contributed by atoms with van der Waals surface area (Å²) in [4.78, 5) is 26.9. The highest BCUT2D eigenvalue weighted by Gasteiger charge is 2.31. The summed E-state index contributed by atoms with van der Waals surface area (Å²) >= 11 is 1.72. The summed E-state index contributed by atoms with van der Waals surface area (Å²) in [5.74, 6) is -1.54. The zero-order valence-electron chi connectivity index (χ0n) is 11.0. The molecule has 5 nitrogen and oxygen atoms in total. The molecule has 22 heavy (non-hydrogen) atoms. The molecule has 116 valence electrons. The van der Waals surface area contributed by atoms with Gasteiger partial charge in [0.2, 0.25) is 5.69 Å². The summed E-state index contributed by atoms with van der Waals surface area (Å²) in [5, 5.41) is 8.98. The maximum absolute atomic E-state index is 12.8. The van der Waals surface area contributed by atoms with E-state index in [1.807, 2.05) is 0 Å². The van der Waals surface area contributed by atoms with E-state index in [1.165, 1.54) is 13.0 Å². The molecule has 9 heteroatoms. The van der Waals surface area contributed by atoms with Gasteiger partial charge in [-0.1, -0.05) is 6.07 Å². The maximum atomic E-state index is 12.8. The van der Waals surface area contributed by atoms with E-state index >= 15 is 0 Å². The van der Waals surface area contributed by atoms with Crippen LogP contribution in [0.1, 0.15) is 21.7 Å². The largest absolute Gasteiger partial charge is 0.476 e. The number of carboxylic acids is 1. The van der Waals surface area contributed by atoms with Crippen LogP contribution in [0.3, 0.4) is 0 Å². The number of alkyl halides is 3. The molecule has 0 aliphatic carbocycles. The molecule has 2 rings (SSSR count). The standard InChI is InChI=1S/C13H8F3IN2O3/c1-6-10(17)18-9(12(21)22)11(20)19(6)8-4-2-3-7(5-8)13(14,15)16/h2-5H,1H3,(H,21,22). The Morgan fingerprint density at radius 3 is 2.55 bits per heavy atom. The van der Waals surface area contributed by atoms with Crippen LogP contribution in [0.2, 0.25) is 0 Å². The van der Waals surface area contributed by atoms with Gasteiger partial charge in [-0.25, -0.2) is 9.78 Å². The summed E-state index contributed by atoms with van der Waals surface area (Å²) in [5.41, 5.74) is -2.47. The first-order valence-electron chi connectivity index (χ1n) is 5.83. The lowest BCUT2D eigenvalue weighted by Crippen LogP contribution is -2.30. The van der Waals surface area contributed by atoms with E-state index in [0.29, 0.717) is 0 Å². The summed E-state index contributed by atoms with van der Waals surface area (Å²) in [6, 6.07) is 4.10. The molecule has 0 amide bonds. The van der Waals surface area contributed by atoms with E-state index in [4.69, 9.17) is 5.11 Å². The Hall–Kier alpha value is -1.91. The number of nitrogens with zero attached hydrogens (tertiary/aromatic N) is 2. The van der Waals surface area contributed by atoms with Gasteiger partial charge in [-0.05, 0) is 47.7 Å². The molecular weight excluding hydrogens is 416 g/mol. The Balaban J connectivity index is 2.78. The number of hydrogen-bond donors (Lipinski definition) is 1. The fourth-order valence-corrected chi connectivity index (χ4v) is 2.33. The lowest BCUT2D eigenvalue weighted by molar-refractivity contribution is -0.137. The smallest absolute Gasteiger partial charge is 0.416 e. The second-order valence-electron chi connectivity index (χ2n) is 4.33. The first-order valence-corrected chi connectivity index (χ1v) is 6.91. The Bertz CT molecular complexity index is 815. The zero-order chi connectivity index (χ0) is 16.7. The Kier molecular flexibility index (Phi) is 4.27. The van der Waals surface area contributed by atoms with E-state index in [1.54, 1.807) is 22.6 Å². The van der Waals surface area contributed by atoms with Crippen molar-refractivity contribution >= 4 is 28.6 Å². The van der Waals surface area contributed by atoms with Gasteiger partial charge in [0.05, 0.1) is 11.3 Å². The number of hydrogen-bond acceptors (Lipinski definition) is 3. The summed E-state index contributed by atoms with van der Waals surface area (Å²) < 4.78 is 39.5. The normalized spacial score (nSPS) is 11.5. The SMILES string of the molecule is Cc1c(I)nc(C(=O)O)c(=O)n1-c1cccc(C(F)(F)F)c1.